The van der Waals surface area contributed by atoms with Crippen molar-refractivity contribution in [1.82, 2.24) is 19.7 Å². The molecule has 0 unspecified atom stereocenters. The van der Waals surface area contributed by atoms with Crippen LogP contribution in [0.1, 0.15) is 5.56 Å². The van der Waals surface area contributed by atoms with Crippen LogP contribution < -0.4 is 21.9 Å². The van der Waals surface area contributed by atoms with E-state index >= 15 is 0 Å². The number of nitrogen functional groups attached to an aromatic ring is 1. The Kier molecular flexibility index (Phi) is 4.92. The molecule has 0 atom stereocenters. The standard InChI is InChI=1S/C17H18N8O2S2/c18-8-7-10-1-6-13-14(9-10)28-17(22-13)25-15(19)23-16(24-25)21-11-2-4-12(5-3-11)29(20,26)27/h1-6,9H,7-8,18H2,(H2,20,26,27)(H3,19,21,23,24). The molecule has 0 amide bonds. The zero-order chi connectivity index (χ0) is 20.6. The molecule has 0 radical (unpaired) electrons. The van der Waals surface area contributed by atoms with E-state index in [1.165, 1.54) is 28.2 Å². The molecular weight excluding hydrogens is 412 g/mol. The van der Waals surface area contributed by atoms with Gasteiger partial charge in [0.15, 0.2) is 0 Å². The first-order valence-corrected chi connectivity index (χ1v) is 10.9. The summed E-state index contributed by atoms with van der Waals surface area (Å²) in [6.45, 7) is 0.584. The summed E-state index contributed by atoms with van der Waals surface area (Å²) < 4.78 is 25.1. The Labute approximate surface area is 170 Å². The van der Waals surface area contributed by atoms with E-state index in [4.69, 9.17) is 16.6 Å². The second-order valence-corrected chi connectivity index (χ2v) is 8.81. The highest BCUT2D eigenvalue weighted by Crippen LogP contribution is 2.27. The number of nitrogens with two attached hydrogens (primary N) is 3. The number of aromatic nitrogens is 4. The van der Waals surface area contributed by atoms with Gasteiger partial charge >= 0.3 is 0 Å². The number of nitrogens with one attached hydrogen (secondary N) is 1. The highest BCUT2D eigenvalue weighted by atomic mass is 32.2. The van der Waals surface area contributed by atoms with Gasteiger partial charge in [-0.2, -0.15) is 9.67 Å². The number of primary sulfonamides is 1. The van der Waals surface area contributed by atoms with Crippen LogP contribution in [0.5, 0.6) is 0 Å². The lowest BCUT2D eigenvalue weighted by molar-refractivity contribution is 0.598. The van der Waals surface area contributed by atoms with Gasteiger partial charge < -0.3 is 16.8 Å². The van der Waals surface area contributed by atoms with Crippen LogP contribution in [0.4, 0.5) is 17.6 Å². The Balaban J connectivity index is 1.60. The first kappa shape index (κ1) is 19.3. The van der Waals surface area contributed by atoms with Gasteiger partial charge in [0, 0.05) is 5.69 Å². The fraction of sp³-hybridized carbons (Fsp3) is 0.118. The van der Waals surface area contributed by atoms with Crippen molar-refractivity contribution in [3.63, 3.8) is 0 Å². The van der Waals surface area contributed by atoms with Crippen molar-refractivity contribution < 1.29 is 8.42 Å². The van der Waals surface area contributed by atoms with E-state index in [0.717, 1.165) is 22.2 Å². The van der Waals surface area contributed by atoms with Gasteiger partial charge in [-0.3, -0.25) is 0 Å². The lowest BCUT2D eigenvalue weighted by Crippen LogP contribution is -2.11. The van der Waals surface area contributed by atoms with Crippen LogP contribution in [-0.2, 0) is 16.4 Å². The van der Waals surface area contributed by atoms with Crippen molar-refractivity contribution in [3.8, 4) is 5.13 Å². The SMILES string of the molecule is NCCc1ccc2nc(-n3nc(Nc4ccc(S(N)(=O)=O)cc4)nc3N)sc2c1. The second kappa shape index (κ2) is 7.40. The van der Waals surface area contributed by atoms with E-state index in [-0.39, 0.29) is 16.8 Å². The number of nitrogens with zero attached hydrogens (tertiary/aromatic N) is 4. The first-order chi connectivity index (χ1) is 13.8. The van der Waals surface area contributed by atoms with Gasteiger partial charge in [-0.15, -0.1) is 5.10 Å². The third kappa shape index (κ3) is 4.05. The maximum absolute atomic E-state index is 11.3. The number of anilines is 3. The lowest BCUT2D eigenvalue weighted by atomic mass is 10.1. The Hall–Kier alpha value is -3.06. The van der Waals surface area contributed by atoms with Gasteiger partial charge in [-0.25, -0.2) is 18.5 Å². The second-order valence-electron chi connectivity index (χ2n) is 6.24. The average molecular weight is 431 g/mol. The van der Waals surface area contributed by atoms with Gasteiger partial charge in [0.05, 0.1) is 15.1 Å². The van der Waals surface area contributed by atoms with Crippen molar-refractivity contribution in [1.29, 1.82) is 0 Å². The summed E-state index contributed by atoms with van der Waals surface area (Å²) >= 11 is 1.45. The molecule has 0 aliphatic rings. The van der Waals surface area contributed by atoms with Gasteiger partial charge in [-0.05, 0) is 54.9 Å². The average Bonchev–Trinajstić information content (AvgIpc) is 3.24. The fourth-order valence-electron chi connectivity index (χ4n) is 2.74. The van der Waals surface area contributed by atoms with Crippen LogP contribution in [0.3, 0.4) is 0 Å². The molecule has 12 heteroatoms. The number of rotatable bonds is 6. The summed E-state index contributed by atoms with van der Waals surface area (Å²) in [4.78, 5) is 8.78. The van der Waals surface area contributed by atoms with Crippen LogP contribution >= 0.6 is 11.3 Å². The van der Waals surface area contributed by atoms with Gasteiger partial charge in [-0.1, -0.05) is 17.4 Å². The van der Waals surface area contributed by atoms with Crippen molar-refractivity contribution >= 4 is 49.2 Å². The summed E-state index contributed by atoms with van der Waals surface area (Å²) in [5.74, 6) is 0.434. The number of sulfonamides is 1. The summed E-state index contributed by atoms with van der Waals surface area (Å²) in [5, 5.41) is 13.0. The van der Waals surface area contributed by atoms with Crippen LogP contribution in [-0.4, -0.2) is 34.7 Å². The monoisotopic (exact) mass is 430 g/mol. The minimum absolute atomic E-state index is 0.0181. The van der Waals surface area contributed by atoms with Crippen molar-refractivity contribution in [2.45, 2.75) is 11.3 Å². The largest absolute Gasteiger partial charge is 0.368 e. The summed E-state index contributed by atoms with van der Waals surface area (Å²) in [6.07, 6.45) is 0.799. The smallest absolute Gasteiger partial charge is 0.248 e. The minimum Gasteiger partial charge on any atom is -0.368 e. The van der Waals surface area contributed by atoms with Crippen molar-refractivity contribution in [2.24, 2.45) is 10.9 Å². The van der Waals surface area contributed by atoms with Gasteiger partial charge in [0.25, 0.3) is 0 Å². The van der Waals surface area contributed by atoms with Crippen molar-refractivity contribution in [3.05, 3.63) is 48.0 Å². The molecule has 0 spiro atoms. The zero-order valence-electron chi connectivity index (χ0n) is 15.1. The molecule has 0 aliphatic carbocycles. The molecule has 2 heterocycles. The van der Waals surface area contributed by atoms with E-state index in [2.05, 4.69) is 26.4 Å². The topological polar surface area (TPSA) is 168 Å². The Morgan fingerprint density at radius 3 is 2.55 bits per heavy atom. The first-order valence-electron chi connectivity index (χ1n) is 8.56. The molecular formula is C17H18N8O2S2. The van der Waals surface area contributed by atoms with E-state index in [9.17, 15) is 8.42 Å². The van der Waals surface area contributed by atoms with Crippen LogP contribution in [0.25, 0.3) is 15.3 Å². The van der Waals surface area contributed by atoms with E-state index in [0.29, 0.717) is 17.4 Å². The zero-order valence-corrected chi connectivity index (χ0v) is 16.7. The third-order valence-corrected chi connectivity index (χ3v) is 6.05. The van der Waals surface area contributed by atoms with Crippen LogP contribution in [0.15, 0.2) is 47.4 Å². The predicted molar refractivity (Wildman–Crippen MR) is 113 cm³/mol. The molecule has 4 aromatic rings. The predicted octanol–water partition coefficient (Wildman–Crippen LogP) is 1.35. The number of hydrogen-bond acceptors (Lipinski definition) is 9. The number of fused-ring (bicyclic) bond motifs is 1. The Morgan fingerprint density at radius 1 is 1.10 bits per heavy atom. The maximum Gasteiger partial charge on any atom is 0.248 e. The molecule has 0 aliphatic heterocycles. The quantitative estimate of drug-likeness (QED) is 0.355. The molecule has 0 saturated carbocycles. The molecule has 150 valence electrons. The van der Waals surface area contributed by atoms with Crippen LogP contribution in [0.2, 0.25) is 0 Å². The number of thiazole rings is 1. The molecule has 2 aromatic heterocycles. The maximum atomic E-state index is 11.3. The van der Waals surface area contributed by atoms with Gasteiger partial charge in [0.2, 0.25) is 27.1 Å². The lowest BCUT2D eigenvalue weighted by Gasteiger charge is -2.02. The fourth-order valence-corrected chi connectivity index (χ4v) is 4.25. The van der Waals surface area contributed by atoms with E-state index in [1.54, 1.807) is 12.1 Å². The molecule has 29 heavy (non-hydrogen) atoms. The molecule has 2 aromatic carbocycles. The Morgan fingerprint density at radius 2 is 1.86 bits per heavy atom. The Bertz CT molecular complexity index is 1280. The minimum atomic E-state index is -3.75. The highest BCUT2D eigenvalue weighted by molar-refractivity contribution is 7.89. The van der Waals surface area contributed by atoms with Gasteiger partial charge in [0.1, 0.15) is 0 Å². The summed E-state index contributed by atoms with van der Waals surface area (Å²) in [6, 6.07) is 11.9. The third-order valence-electron chi connectivity index (χ3n) is 4.13. The molecule has 10 nitrogen and oxygen atoms in total. The molecule has 7 N–H and O–H groups in total. The van der Waals surface area contributed by atoms with Crippen LogP contribution in [0, 0.1) is 0 Å². The number of hydrogen-bond donors (Lipinski definition) is 4. The molecule has 0 bridgehead atoms. The summed E-state index contributed by atoms with van der Waals surface area (Å²) in [5.41, 5.74) is 14.2. The normalized spacial score (nSPS) is 11.8. The number of benzene rings is 2. The van der Waals surface area contributed by atoms with E-state index in [1.807, 2.05) is 12.1 Å². The summed E-state index contributed by atoms with van der Waals surface area (Å²) in [7, 11) is -3.75. The molecule has 0 fully saturated rings. The highest BCUT2D eigenvalue weighted by Gasteiger charge is 2.14. The van der Waals surface area contributed by atoms with E-state index < -0.39 is 10.0 Å². The van der Waals surface area contributed by atoms with Crippen molar-refractivity contribution in [2.75, 3.05) is 17.6 Å². The molecule has 0 saturated heterocycles. The molecule has 4 rings (SSSR count).